The Morgan fingerprint density at radius 2 is 1.16 bits per heavy atom. The van der Waals surface area contributed by atoms with E-state index in [1.807, 2.05) is 13.8 Å². The summed E-state index contributed by atoms with van der Waals surface area (Å²) >= 11 is 0. The van der Waals surface area contributed by atoms with Crippen molar-refractivity contribution < 1.29 is 0 Å². The number of aryl methyl sites for hydroxylation is 1. The molecule has 0 radical (unpaired) electrons. The van der Waals surface area contributed by atoms with Gasteiger partial charge >= 0.3 is 0 Å². The Hall–Kier alpha value is -5.86. The number of benzene rings is 5. The summed E-state index contributed by atoms with van der Waals surface area (Å²) in [7, 11) is 2.14. The lowest BCUT2D eigenvalue weighted by molar-refractivity contribution is 0.620. The molecule has 286 valence electrons. The van der Waals surface area contributed by atoms with Crippen molar-refractivity contribution in [3.05, 3.63) is 227 Å². The van der Waals surface area contributed by atoms with E-state index in [-0.39, 0.29) is 5.41 Å². The minimum Gasteiger partial charge on any atom is -0.345 e. The molecule has 2 aliphatic rings. The summed E-state index contributed by atoms with van der Waals surface area (Å²) in [6, 6.07) is 46.8. The first kappa shape index (κ1) is 41.3. The van der Waals surface area contributed by atoms with Gasteiger partial charge in [0.15, 0.2) is 0 Å². The van der Waals surface area contributed by atoms with Crippen LogP contribution in [-0.4, -0.2) is 7.05 Å². The molecule has 5 aromatic carbocycles. The normalized spacial score (nSPS) is 17.7. The highest BCUT2D eigenvalue weighted by atomic mass is 15.1. The molecule has 56 heavy (non-hydrogen) atoms. The Labute approximate surface area is 338 Å². The SMILES string of the molecule is C/C=C\C(=C/C)N(c1ccccc1)c1ccc(C2(c3ccc(N(C)c4ccccc4)cc3)C/C=C(C)\C=C/Cc3ccc(C)cc32)cc1.C1=CCCC=C1.CC. The van der Waals surface area contributed by atoms with E-state index in [1.165, 1.54) is 51.9 Å². The minimum absolute atomic E-state index is 0.388. The van der Waals surface area contributed by atoms with Crippen LogP contribution in [-0.2, 0) is 11.8 Å². The van der Waals surface area contributed by atoms with Crippen LogP contribution >= 0.6 is 0 Å². The zero-order chi connectivity index (χ0) is 39.8. The molecule has 0 amide bonds. The Kier molecular flexibility index (Phi) is 15.3. The van der Waals surface area contributed by atoms with Crippen molar-refractivity contribution in [1.29, 1.82) is 0 Å². The van der Waals surface area contributed by atoms with Crippen molar-refractivity contribution >= 4 is 22.7 Å². The third-order valence-electron chi connectivity index (χ3n) is 10.5. The molecule has 0 N–H and O–H groups in total. The number of rotatable bonds is 8. The second-order valence-electron chi connectivity index (χ2n) is 14.1. The van der Waals surface area contributed by atoms with Crippen LogP contribution in [0.2, 0.25) is 0 Å². The molecule has 2 nitrogen and oxygen atoms in total. The van der Waals surface area contributed by atoms with Crippen LogP contribution in [0.3, 0.4) is 0 Å². The molecule has 0 saturated heterocycles. The smallest absolute Gasteiger partial charge is 0.0488 e. The fourth-order valence-corrected chi connectivity index (χ4v) is 7.55. The monoisotopic (exact) mass is 736 g/mol. The summed E-state index contributed by atoms with van der Waals surface area (Å²) < 4.78 is 0. The molecule has 2 aliphatic carbocycles. The lowest BCUT2D eigenvalue weighted by atomic mass is 9.65. The number of anilines is 4. The Balaban J connectivity index is 0.000000676. The van der Waals surface area contributed by atoms with E-state index in [4.69, 9.17) is 0 Å². The molecular weight excluding hydrogens is 677 g/mol. The molecular formula is C54H60N2. The first-order valence-electron chi connectivity index (χ1n) is 20.3. The Morgan fingerprint density at radius 1 is 0.625 bits per heavy atom. The number of nitrogens with zero attached hydrogens (tertiary/aromatic N) is 2. The maximum Gasteiger partial charge on any atom is 0.0488 e. The van der Waals surface area contributed by atoms with E-state index in [1.54, 1.807) is 0 Å². The highest BCUT2D eigenvalue weighted by molar-refractivity contribution is 5.71. The van der Waals surface area contributed by atoms with Gasteiger partial charge in [-0.05, 0) is 130 Å². The molecule has 0 bridgehead atoms. The van der Waals surface area contributed by atoms with Crippen molar-refractivity contribution in [2.75, 3.05) is 16.8 Å². The topological polar surface area (TPSA) is 6.48 Å². The highest BCUT2D eigenvalue weighted by Crippen LogP contribution is 2.47. The van der Waals surface area contributed by atoms with Gasteiger partial charge in [-0.3, -0.25) is 0 Å². The van der Waals surface area contributed by atoms with Gasteiger partial charge in [-0.25, -0.2) is 0 Å². The van der Waals surface area contributed by atoms with Crippen molar-refractivity contribution in [2.45, 2.75) is 72.6 Å². The van der Waals surface area contributed by atoms with Crippen LogP contribution in [0.1, 0.15) is 81.7 Å². The molecule has 1 atom stereocenters. The largest absolute Gasteiger partial charge is 0.345 e. The molecule has 0 fully saturated rings. The number of hydrogen-bond donors (Lipinski definition) is 0. The average Bonchev–Trinajstić information content (AvgIpc) is 3.33. The summed E-state index contributed by atoms with van der Waals surface area (Å²) in [5.74, 6) is 0. The molecule has 0 saturated carbocycles. The predicted molar refractivity (Wildman–Crippen MR) is 246 cm³/mol. The molecule has 0 heterocycles. The van der Waals surface area contributed by atoms with Crippen LogP contribution in [0.15, 0.2) is 199 Å². The van der Waals surface area contributed by atoms with Crippen molar-refractivity contribution in [3.8, 4) is 0 Å². The van der Waals surface area contributed by atoms with Gasteiger partial charge < -0.3 is 9.80 Å². The zero-order valence-corrected chi connectivity index (χ0v) is 34.6. The summed E-state index contributed by atoms with van der Waals surface area (Å²) in [6.45, 7) is 12.6. The van der Waals surface area contributed by atoms with Crippen LogP contribution < -0.4 is 9.80 Å². The fourth-order valence-electron chi connectivity index (χ4n) is 7.55. The third kappa shape index (κ3) is 9.86. The summed E-state index contributed by atoms with van der Waals surface area (Å²) in [5.41, 5.74) is 13.2. The third-order valence-corrected chi connectivity index (χ3v) is 10.5. The van der Waals surface area contributed by atoms with Gasteiger partial charge in [0.05, 0.1) is 0 Å². The van der Waals surface area contributed by atoms with Crippen LogP contribution in [0, 0.1) is 6.92 Å². The maximum absolute atomic E-state index is 2.43. The first-order valence-corrected chi connectivity index (χ1v) is 20.3. The van der Waals surface area contributed by atoms with E-state index in [0.29, 0.717) is 0 Å². The highest BCUT2D eigenvalue weighted by Gasteiger charge is 2.38. The summed E-state index contributed by atoms with van der Waals surface area (Å²) in [4.78, 5) is 4.59. The van der Waals surface area contributed by atoms with Gasteiger partial charge in [0, 0.05) is 40.9 Å². The molecule has 0 aromatic heterocycles. The Morgan fingerprint density at radius 3 is 1.70 bits per heavy atom. The standard InChI is InChI=1S/C46H46N2.C6H8.C2H6/c1-6-15-40(7-2)48(43-20-12-9-13-21-43)44-30-26-39(27-31-44)46(33-32-35(3)16-14-17-37-23-22-36(4)34-45(37)46)38-24-28-42(29-25-38)47(5)41-18-10-8-11-19-41;1-2-4-6-5-3-1;1-2/h6-16,18-32,34H,17,33H2,1-5H3;1-4H,5-6H2;1-2H3/b15-6-,16-14-,35-32-,40-7+;;. The van der Waals surface area contributed by atoms with Gasteiger partial charge in [0.2, 0.25) is 0 Å². The summed E-state index contributed by atoms with van der Waals surface area (Å²) in [5, 5.41) is 0. The lowest BCUT2D eigenvalue weighted by Crippen LogP contribution is -2.30. The minimum atomic E-state index is -0.388. The Bertz CT molecular complexity index is 2130. The molecule has 0 spiro atoms. The fraction of sp³-hybridized carbons (Fsp3) is 0.222. The lowest BCUT2D eigenvalue weighted by Gasteiger charge is -2.38. The predicted octanol–water partition coefficient (Wildman–Crippen LogP) is 15.1. The van der Waals surface area contributed by atoms with E-state index >= 15 is 0 Å². The quantitative estimate of drug-likeness (QED) is 0.146. The number of para-hydroxylation sites is 2. The molecule has 5 aromatic rings. The summed E-state index contributed by atoms with van der Waals surface area (Å²) in [6.07, 6.45) is 26.2. The number of allylic oxidation sites excluding steroid dienone is 11. The molecule has 2 heteroatoms. The van der Waals surface area contributed by atoms with Gasteiger partial charge in [-0.15, -0.1) is 0 Å². The molecule has 0 aliphatic heterocycles. The second-order valence-corrected chi connectivity index (χ2v) is 14.1. The first-order chi connectivity index (χ1) is 27.4. The van der Waals surface area contributed by atoms with Gasteiger partial charge in [0.25, 0.3) is 0 Å². The van der Waals surface area contributed by atoms with E-state index in [2.05, 4.69) is 233 Å². The number of fused-ring (bicyclic) bond motifs is 1. The van der Waals surface area contributed by atoms with E-state index in [9.17, 15) is 0 Å². The van der Waals surface area contributed by atoms with Crippen LogP contribution in [0.5, 0.6) is 0 Å². The van der Waals surface area contributed by atoms with Crippen LogP contribution in [0.4, 0.5) is 22.7 Å². The van der Waals surface area contributed by atoms with E-state index < -0.39 is 0 Å². The molecule has 7 rings (SSSR count). The maximum atomic E-state index is 2.43. The van der Waals surface area contributed by atoms with Crippen molar-refractivity contribution in [1.82, 2.24) is 0 Å². The van der Waals surface area contributed by atoms with Crippen LogP contribution in [0.25, 0.3) is 0 Å². The van der Waals surface area contributed by atoms with Gasteiger partial charge in [-0.2, -0.15) is 0 Å². The van der Waals surface area contributed by atoms with Gasteiger partial charge in [0.1, 0.15) is 0 Å². The zero-order valence-electron chi connectivity index (χ0n) is 34.6. The van der Waals surface area contributed by atoms with Crippen molar-refractivity contribution in [2.24, 2.45) is 0 Å². The number of hydrogen-bond acceptors (Lipinski definition) is 2. The average molecular weight is 737 g/mol. The second kappa shape index (κ2) is 20.7. The molecule has 1 unspecified atom stereocenters. The van der Waals surface area contributed by atoms with E-state index in [0.717, 1.165) is 35.6 Å². The van der Waals surface area contributed by atoms with Crippen molar-refractivity contribution in [3.63, 3.8) is 0 Å². The van der Waals surface area contributed by atoms with Gasteiger partial charge in [-0.1, -0.05) is 159 Å².